The summed E-state index contributed by atoms with van der Waals surface area (Å²) in [4.78, 5) is 14.2. The molecule has 5 nitrogen and oxygen atoms in total. The summed E-state index contributed by atoms with van der Waals surface area (Å²) in [7, 11) is 0. The normalized spacial score (nSPS) is 22.5. The number of likely N-dealkylation sites (tertiary alicyclic amines) is 1. The lowest BCUT2D eigenvalue weighted by Gasteiger charge is -2.33. The van der Waals surface area contributed by atoms with Gasteiger partial charge in [0.15, 0.2) is 5.69 Å². The van der Waals surface area contributed by atoms with Gasteiger partial charge in [-0.1, -0.05) is 0 Å². The van der Waals surface area contributed by atoms with E-state index >= 15 is 0 Å². The summed E-state index contributed by atoms with van der Waals surface area (Å²) in [5, 5.41) is 5.81. The second-order valence-corrected chi connectivity index (χ2v) is 5.91. The van der Waals surface area contributed by atoms with Crippen molar-refractivity contribution in [2.24, 2.45) is 0 Å². The average Bonchev–Trinajstić information content (AvgIpc) is 3.05. The van der Waals surface area contributed by atoms with Crippen molar-refractivity contribution in [3.63, 3.8) is 0 Å². The Balaban J connectivity index is 1.69. The van der Waals surface area contributed by atoms with Crippen molar-refractivity contribution in [1.29, 1.82) is 0 Å². The first-order valence-electron chi connectivity index (χ1n) is 7.67. The van der Waals surface area contributed by atoms with Crippen LogP contribution in [0.2, 0.25) is 0 Å². The predicted molar refractivity (Wildman–Crippen MR) is 75.4 cm³/mol. The first-order chi connectivity index (χ1) is 10.9. The van der Waals surface area contributed by atoms with Crippen molar-refractivity contribution >= 4 is 5.91 Å². The van der Waals surface area contributed by atoms with Crippen LogP contribution in [0.1, 0.15) is 43.0 Å². The Hall–Kier alpha value is -1.99. The van der Waals surface area contributed by atoms with E-state index in [0.29, 0.717) is 37.4 Å². The lowest BCUT2D eigenvalue weighted by atomic mass is 9.94. The zero-order chi connectivity index (χ0) is 16.4. The maximum Gasteiger partial charge on any atom is 0.435 e. The highest BCUT2D eigenvalue weighted by atomic mass is 19.4. The van der Waals surface area contributed by atoms with E-state index < -0.39 is 11.9 Å². The van der Waals surface area contributed by atoms with E-state index in [2.05, 4.69) is 10.2 Å². The number of alkyl halides is 3. The Labute approximate surface area is 131 Å². The van der Waals surface area contributed by atoms with E-state index in [1.165, 1.54) is 6.26 Å². The van der Waals surface area contributed by atoms with E-state index in [-0.39, 0.29) is 11.8 Å². The molecule has 126 valence electrons. The van der Waals surface area contributed by atoms with Crippen LogP contribution >= 0.6 is 0 Å². The Bertz CT molecular complexity index is 609. The Kier molecular flexibility index (Phi) is 4.32. The molecular formula is C15H18F3N3O2. The molecule has 1 unspecified atom stereocenters. The fraction of sp³-hybridized carbons (Fsp3) is 0.600. The highest BCUT2D eigenvalue weighted by Crippen LogP contribution is 2.32. The number of carbonyl (C=O) groups excluding carboxylic acids is 1. The van der Waals surface area contributed by atoms with Crippen molar-refractivity contribution in [3.8, 4) is 0 Å². The van der Waals surface area contributed by atoms with Gasteiger partial charge in [0.1, 0.15) is 0 Å². The first-order valence-corrected chi connectivity index (χ1v) is 7.67. The fourth-order valence-corrected chi connectivity index (χ4v) is 3.03. The largest absolute Gasteiger partial charge is 0.501 e. The van der Waals surface area contributed by atoms with Gasteiger partial charge < -0.3 is 9.64 Å². The predicted octanol–water partition coefficient (Wildman–Crippen LogP) is 2.83. The minimum absolute atomic E-state index is 0.0787. The summed E-state index contributed by atoms with van der Waals surface area (Å²) in [6, 6.07) is 1.04. The van der Waals surface area contributed by atoms with Crippen molar-refractivity contribution in [2.45, 2.75) is 37.8 Å². The number of piperidine rings is 1. The van der Waals surface area contributed by atoms with Crippen LogP contribution in [0.4, 0.5) is 13.2 Å². The molecule has 2 aliphatic rings. The number of ether oxygens (including phenoxy) is 1. The number of H-pyrrole nitrogens is 1. The highest BCUT2D eigenvalue weighted by molar-refractivity contribution is 5.93. The molecule has 0 bridgehead atoms. The third kappa shape index (κ3) is 3.51. The molecule has 23 heavy (non-hydrogen) atoms. The number of amides is 1. The molecule has 0 spiro atoms. The Morgan fingerprint density at radius 1 is 1.39 bits per heavy atom. The van der Waals surface area contributed by atoms with Crippen LogP contribution in [-0.2, 0) is 15.7 Å². The zero-order valence-electron chi connectivity index (χ0n) is 12.5. The number of carbonyl (C=O) groups is 1. The number of rotatable bonds is 2. The number of nitrogens with one attached hydrogen (secondary N) is 1. The van der Waals surface area contributed by atoms with Crippen LogP contribution in [-0.4, -0.2) is 40.7 Å². The minimum Gasteiger partial charge on any atom is -0.501 e. The van der Waals surface area contributed by atoms with Crippen LogP contribution in [0.15, 0.2) is 17.9 Å². The standard InChI is InChI=1S/C15H18F3N3O2/c16-15(17,18)13-7-12(19-20-13)10-3-1-5-21(8-10)14(22)11-4-2-6-23-9-11/h7,9-10H,1-6,8H2,(H,19,20). The Morgan fingerprint density at radius 3 is 2.87 bits per heavy atom. The molecule has 1 aromatic heterocycles. The summed E-state index contributed by atoms with van der Waals surface area (Å²) in [6.45, 7) is 1.64. The van der Waals surface area contributed by atoms with Crippen LogP contribution in [0.3, 0.4) is 0 Å². The number of aromatic amines is 1. The molecule has 3 rings (SSSR count). The molecule has 1 saturated heterocycles. The third-order valence-electron chi connectivity index (χ3n) is 4.25. The number of hydrogen-bond donors (Lipinski definition) is 1. The van der Waals surface area contributed by atoms with Crippen LogP contribution < -0.4 is 0 Å². The summed E-state index contributed by atoms with van der Waals surface area (Å²) < 4.78 is 43.1. The van der Waals surface area contributed by atoms with Crippen LogP contribution in [0.5, 0.6) is 0 Å². The lowest BCUT2D eigenvalue weighted by Crippen LogP contribution is -2.40. The average molecular weight is 329 g/mol. The van der Waals surface area contributed by atoms with E-state index in [0.717, 1.165) is 25.3 Å². The highest BCUT2D eigenvalue weighted by Gasteiger charge is 2.35. The van der Waals surface area contributed by atoms with E-state index in [4.69, 9.17) is 4.74 Å². The monoisotopic (exact) mass is 329 g/mol. The lowest BCUT2D eigenvalue weighted by molar-refractivity contribution is -0.141. The van der Waals surface area contributed by atoms with Gasteiger partial charge >= 0.3 is 6.18 Å². The molecule has 0 aromatic carbocycles. The molecule has 0 radical (unpaired) electrons. The van der Waals surface area contributed by atoms with Crippen LogP contribution in [0, 0.1) is 0 Å². The molecule has 0 aliphatic carbocycles. The SMILES string of the molecule is O=C(C1=COCCC1)N1CCCC(c2cc(C(F)(F)F)n[nH]2)C1. The van der Waals surface area contributed by atoms with Crippen molar-refractivity contribution < 1.29 is 22.7 Å². The van der Waals surface area contributed by atoms with Gasteiger partial charge in [0, 0.05) is 24.7 Å². The number of hydrogen-bond acceptors (Lipinski definition) is 3. The maximum absolute atomic E-state index is 12.6. The third-order valence-corrected chi connectivity index (χ3v) is 4.25. The number of nitrogens with zero attached hydrogens (tertiary/aromatic N) is 2. The molecule has 1 amide bonds. The van der Waals surface area contributed by atoms with Crippen LogP contribution in [0.25, 0.3) is 0 Å². The molecule has 2 aliphatic heterocycles. The van der Waals surface area contributed by atoms with E-state index in [1.54, 1.807) is 4.90 Å². The molecule has 8 heteroatoms. The van der Waals surface area contributed by atoms with Crippen molar-refractivity contribution in [3.05, 3.63) is 29.3 Å². The molecule has 3 heterocycles. The zero-order valence-corrected chi connectivity index (χ0v) is 12.5. The second-order valence-electron chi connectivity index (χ2n) is 5.91. The molecule has 1 N–H and O–H groups in total. The van der Waals surface area contributed by atoms with Gasteiger partial charge in [-0.2, -0.15) is 18.3 Å². The topological polar surface area (TPSA) is 58.2 Å². The summed E-state index contributed by atoms with van der Waals surface area (Å²) in [6.07, 6.45) is 0.0346. The summed E-state index contributed by atoms with van der Waals surface area (Å²) >= 11 is 0. The molecule has 1 fully saturated rings. The fourth-order valence-electron chi connectivity index (χ4n) is 3.03. The van der Waals surface area contributed by atoms with Gasteiger partial charge in [-0.25, -0.2) is 0 Å². The maximum atomic E-state index is 12.6. The Morgan fingerprint density at radius 2 is 2.22 bits per heavy atom. The van der Waals surface area contributed by atoms with Gasteiger partial charge in [-0.15, -0.1) is 0 Å². The molecule has 1 aromatic rings. The van der Waals surface area contributed by atoms with Gasteiger partial charge in [0.25, 0.3) is 5.91 Å². The summed E-state index contributed by atoms with van der Waals surface area (Å²) in [5.74, 6) is -0.230. The van der Waals surface area contributed by atoms with Gasteiger partial charge in [-0.05, 0) is 31.7 Å². The van der Waals surface area contributed by atoms with Gasteiger partial charge in [0.05, 0.1) is 18.4 Å². The smallest absolute Gasteiger partial charge is 0.435 e. The van der Waals surface area contributed by atoms with Gasteiger partial charge in [-0.3, -0.25) is 9.89 Å². The first kappa shape index (κ1) is 15.9. The summed E-state index contributed by atoms with van der Waals surface area (Å²) in [5.41, 5.74) is 0.153. The van der Waals surface area contributed by atoms with E-state index in [9.17, 15) is 18.0 Å². The molecular weight excluding hydrogens is 311 g/mol. The molecule has 0 saturated carbocycles. The minimum atomic E-state index is -4.46. The van der Waals surface area contributed by atoms with Crippen molar-refractivity contribution in [1.82, 2.24) is 15.1 Å². The van der Waals surface area contributed by atoms with Gasteiger partial charge in [0.2, 0.25) is 0 Å². The number of halogens is 3. The quantitative estimate of drug-likeness (QED) is 0.908. The second kappa shape index (κ2) is 6.25. The number of aromatic nitrogens is 2. The van der Waals surface area contributed by atoms with Crippen molar-refractivity contribution in [2.75, 3.05) is 19.7 Å². The molecule has 1 atom stereocenters. The van der Waals surface area contributed by atoms with E-state index in [1.807, 2.05) is 0 Å².